The van der Waals surface area contributed by atoms with Gasteiger partial charge in [-0.25, -0.2) is 13.9 Å². The van der Waals surface area contributed by atoms with Crippen molar-refractivity contribution in [1.29, 1.82) is 0 Å². The summed E-state index contributed by atoms with van der Waals surface area (Å²) >= 11 is 0. The molecule has 0 saturated heterocycles. The number of H-pyrrole nitrogens is 1. The van der Waals surface area contributed by atoms with Gasteiger partial charge in [-0.05, 0) is 79.1 Å². The number of rotatable bonds is 7. The van der Waals surface area contributed by atoms with Crippen LogP contribution in [0.1, 0.15) is 35.6 Å². The molecule has 2 aromatic heterocycles. The van der Waals surface area contributed by atoms with Crippen molar-refractivity contribution in [3.05, 3.63) is 95.6 Å². The van der Waals surface area contributed by atoms with Crippen LogP contribution in [0.4, 0.5) is 39.5 Å². The molecule has 1 saturated carbocycles. The van der Waals surface area contributed by atoms with Crippen molar-refractivity contribution in [2.45, 2.75) is 31.5 Å². The van der Waals surface area contributed by atoms with Crippen LogP contribution in [0.25, 0.3) is 16.6 Å². The Morgan fingerprint density at radius 3 is 2.59 bits per heavy atom. The smallest absolute Gasteiger partial charge is 0.344 e. The minimum atomic E-state index is -4.46. The highest BCUT2D eigenvalue weighted by atomic mass is 19.4. The standard InChI is InChI=1S/C29H25F4N7O/c1-39(23-9-10-24-18(13-23)16-35-37-24)26-11-6-21(30)12-19(26)15-34-28(41)36-27-14-25(17-2-3-17)38-40(27)22-7-4-20(5-8-22)29(31,32)33/h4-14,16-17H,2-3,15H2,1H3,(H,35,37)(H2,34,36,41). The van der Waals surface area contributed by atoms with Gasteiger partial charge in [0.1, 0.15) is 11.6 Å². The SMILES string of the molecule is CN(c1ccc2[nH]ncc2c1)c1ccc(F)cc1CNC(=O)Nc1cc(C2CC2)nn1-c1ccc(C(F)(F)F)cc1. The minimum absolute atomic E-state index is 0.0150. The molecular weight excluding hydrogens is 538 g/mol. The zero-order valence-electron chi connectivity index (χ0n) is 21.8. The molecule has 5 aromatic rings. The second-order valence-electron chi connectivity index (χ2n) is 9.97. The van der Waals surface area contributed by atoms with Crippen LogP contribution < -0.4 is 15.5 Å². The Bertz CT molecular complexity index is 1720. The molecule has 41 heavy (non-hydrogen) atoms. The predicted octanol–water partition coefficient (Wildman–Crippen LogP) is 6.87. The summed E-state index contributed by atoms with van der Waals surface area (Å²) in [5, 5.41) is 17.9. The Labute approximate surface area is 232 Å². The Balaban J connectivity index is 1.20. The molecule has 1 aliphatic rings. The second kappa shape index (κ2) is 10.3. The average molecular weight is 564 g/mol. The van der Waals surface area contributed by atoms with Crippen LogP contribution in [0.3, 0.4) is 0 Å². The van der Waals surface area contributed by atoms with Crippen molar-refractivity contribution >= 4 is 34.1 Å². The average Bonchev–Trinajstić information content (AvgIpc) is 3.55. The molecule has 0 aliphatic heterocycles. The number of benzene rings is 3. The molecule has 2 amide bonds. The van der Waals surface area contributed by atoms with E-state index in [1.807, 2.05) is 30.1 Å². The first-order chi connectivity index (χ1) is 19.7. The summed E-state index contributed by atoms with van der Waals surface area (Å²) < 4.78 is 54.8. The van der Waals surface area contributed by atoms with E-state index < -0.39 is 23.6 Å². The molecule has 0 spiro atoms. The van der Waals surface area contributed by atoms with Gasteiger partial charge in [0.25, 0.3) is 0 Å². The summed E-state index contributed by atoms with van der Waals surface area (Å²) in [6.45, 7) is 0.0150. The van der Waals surface area contributed by atoms with Gasteiger partial charge >= 0.3 is 12.2 Å². The lowest BCUT2D eigenvalue weighted by atomic mass is 10.1. The number of hydrogen-bond acceptors (Lipinski definition) is 4. The van der Waals surface area contributed by atoms with Crippen molar-refractivity contribution in [1.82, 2.24) is 25.3 Å². The zero-order valence-corrected chi connectivity index (χ0v) is 21.8. The number of nitrogens with zero attached hydrogens (tertiary/aromatic N) is 4. The first-order valence-corrected chi connectivity index (χ1v) is 12.9. The summed E-state index contributed by atoms with van der Waals surface area (Å²) in [6, 6.07) is 15.9. The molecule has 0 bridgehead atoms. The van der Waals surface area contributed by atoms with E-state index in [0.717, 1.165) is 47.3 Å². The van der Waals surface area contributed by atoms with Crippen LogP contribution >= 0.6 is 0 Å². The van der Waals surface area contributed by atoms with E-state index in [1.54, 1.807) is 18.3 Å². The minimum Gasteiger partial charge on any atom is -0.344 e. The molecule has 0 atom stereocenters. The van der Waals surface area contributed by atoms with Gasteiger partial charge in [0.15, 0.2) is 0 Å². The van der Waals surface area contributed by atoms with Crippen LogP contribution in [0.2, 0.25) is 0 Å². The van der Waals surface area contributed by atoms with E-state index in [4.69, 9.17) is 0 Å². The number of aromatic amines is 1. The normalized spacial score (nSPS) is 13.4. The zero-order chi connectivity index (χ0) is 28.7. The molecule has 1 fully saturated rings. The molecule has 3 N–H and O–H groups in total. The molecule has 2 heterocycles. The number of aromatic nitrogens is 4. The summed E-state index contributed by atoms with van der Waals surface area (Å²) in [5.74, 6) is 0.120. The Morgan fingerprint density at radius 1 is 1.07 bits per heavy atom. The van der Waals surface area contributed by atoms with Gasteiger partial charge in [0, 0.05) is 42.3 Å². The van der Waals surface area contributed by atoms with Crippen LogP contribution in [-0.4, -0.2) is 33.1 Å². The molecule has 1 aliphatic carbocycles. The Morgan fingerprint density at radius 2 is 1.85 bits per heavy atom. The van der Waals surface area contributed by atoms with Gasteiger partial charge in [-0.2, -0.15) is 23.4 Å². The van der Waals surface area contributed by atoms with Crippen molar-refractivity contribution in [2.75, 3.05) is 17.3 Å². The molecular formula is C29H25F4N7O. The van der Waals surface area contributed by atoms with Crippen molar-refractivity contribution in [3.63, 3.8) is 0 Å². The number of fused-ring (bicyclic) bond motifs is 1. The number of urea groups is 1. The lowest BCUT2D eigenvalue weighted by Crippen LogP contribution is -2.29. The molecule has 12 heteroatoms. The fourth-order valence-electron chi connectivity index (χ4n) is 4.69. The molecule has 3 aromatic carbocycles. The highest BCUT2D eigenvalue weighted by Crippen LogP contribution is 2.40. The van der Waals surface area contributed by atoms with Crippen LogP contribution in [-0.2, 0) is 12.7 Å². The lowest BCUT2D eigenvalue weighted by molar-refractivity contribution is -0.137. The lowest BCUT2D eigenvalue weighted by Gasteiger charge is -2.23. The van der Waals surface area contributed by atoms with E-state index >= 15 is 0 Å². The third-order valence-corrected chi connectivity index (χ3v) is 7.06. The Kier molecular flexibility index (Phi) is 6.60. The second-order valence-corrected chi connectivity index (χ2v) is 9.97. The molecule has 210 valence electrons. The van der Waals surface area contributed by atoms with E-state index in [2.05, 4.69) is 25.9 Å². The van der Waals surface area contributed by atoms with Gasteiger partial charge in [0.2, 0.25) is 0 Å². The van der Waals surface area contributed by atoms with E-state index in [1.165, 1.54) is 28.9 Å². The van der Waals surface area contributed by atoms with Gasteiger partial charge < -0.3 is 10.2 Å². The number of carbonyl (C=O) groups excluding carboxylic acids is 1. The number of halogens is 4. The maximum absolute atomic E-state index is 14.2. The van der Waals surface area contributed by atoms with Crippen LogP contribution in [0, 0.1) is 5.82 Å². The number of alkyl halides is 3. The molecule has 6 rings (SSSR count). The number of carbonyl (C=O) groups is 1. The summed E-state index contributed by atoms with van der Waals surface area (Å²) in [6.07, 6.45) is -0.828. The summed E-state index contributed by atoms with van der Waals surface area (Å²) in [7, 11) is 1.85. The number of hydrogen-bond donors (Lipinski definition) is 3. The molecule has 0 unspecified atom stereocenters. The number of amides is 2. The van der Waals surface area contributed by atoms with Crippen molar-refractivity contribution < 1.29 is 22.4 Å². The number of nitrogens with one attached hydrogen (secondary N) is 3. The van der Waals surface area contributed by atoms with Gasteiger partial charge in [-0.15, -0.1) is 0 Å². The maximum atomic E-state index is 14.2. The fourth-order valence-corrected chi connectivity index (χ4v) is 4.69. The van der Waals surface area contributed by atoms with Crippen LogP contribution in [0.5, 0.6) is 0 Å². The van der Waals surface area contributed by atoms with E-state index in [9.17, 15) is 22.4 Å². The third kappa shape index (κ3) is 5.58. The Hall–Kier alpha value is -4.87. The first-order valence-electron chi connectivity index (χ1n) is 12.9. The monoisotopic (exact) mass is 563 g/mol. The fraction of sp³-hybridized carbons (Fsp3) is 0.207. The molecule has 0 radical (unpaired) electrons. The van der Waals surface area contributed by atoms with Crippen molar-refractivity contribution in [3.8, 4) is 5.69 Å². The quantitative estimate of drug-likeness (QED) is 0.189. The topological polar surface area (TPSA) is 90.9 Å². The van der Waals surface area contributed by atoms with Gasteiger partial charge in [0.05, 0.1) is 28.7 Å². The van der Waals surface area contributed by atoms with Gasteiger partial charge in [-0.1, -0.05) is 0 Å². The summed E-state index contributed by atoms with van der Waals surface area (Å²) in [5.41, 5.74) is 3.34. The van der Waals surface area contributed by atoms with Crippen LogP contribution in [0.15, 0.2) is 72.9 Å². The highest BCUT2D eigenvalue weighted by Gasteiger charge is 2.31. The summed E-state index contributed by atoms with van der Waals surface area (Å²) in [4.78, 5) is 14.9. The predicted molar refractivity (Wildman–Crippen MR) is 147 cm³/mol. The van der Waals surface area contributed by atoms with Gasteiger partial charge in [-0.3, -0.25) is 10.4 Å². The largest absolute Gasteiger partial charge is 0.416 e. The van der Waals surface area contributed by atoms with E-state index in [0.29, 0.717) is 22.8 Å². The third-order valence-electron chi connectivity index (χ3n) is 7.06. The van der Waals surface area contributed by atoms with Crippen molar-refractivity contribution in [2.24, 2.45) is 0 Å². The number of anilines is 3. The maximum Gasteiger partial charge on any atom is 0.416 e. The molecule has 8 nitrogen and oxygen atoms in total. The highest BCUT2D eigenvalue weighted by molar-refractivity contribution is 5.89. The van der Waals surface area contributed by atoms with E-state index in [-0.39, 0.29) is 12.5 Å². The first kappa shape index (κ1) is 26.4.